The van der Waals surface area contributed by atoms with Crippen LogP contribution in [0.3, 0.4) is 0 Å². The molecular weight excluding hydrogens is 136 g/mol. The third kappa shape index (κ3) is 2.55. The van der Waals surface area contributed by atoms with Crippen LogP contribution in [0.2, 0.25) is 0 Å². The maximum absolute atomic E-state index is 4.86. The highest BCUT2D eigenvalue weighted by Crippen LogP contribution is 1.93. The predicted octanol–water partition coefficient (Wildman–Crippen LogP) is 0.983. The summed E-state index contributed by atoms with van der Waals surface area (Å²) >= 11 is 0. The number of nitrogens with zero attached hydrogens (tertiary/aromatic N) is 1. The Morgan fingerprint density at radius 2 is 2.00 bits per heavy atom. The first-order chi connectivity index (χ1) is 5.43. The molecule has 0 atom stereocenters. The minimum absolute atomic E-state index is 0.965. The monoisotopic (exact) mass is 144 g/mol. The lowest BCUT2D eigenvalue weighted by Crippen LogP contribution is -1.78. The van der Waals surface area contributed by atoms with Crippen LogP contribution >= 0.6 is 0 Å². The van der Waals surface area contributed by atoms with Crippen molar-refractivity contribution in [2.75, 3.05) is 0 Å². The van der Waals surface area contributed by atoms with Crippen molar-refractivity contribution in [1.82, 2.24) is 0 Å². The van der Waals surface area contributed by atoms with Gasteiger partial charge in [-0.05, 0) is 18.1 Å². The molecular formula is C9H8N2. The van der Waals surface area contributed by atoms with Crippen molar-refractivity contribution in [2.45, 2.75) is 0 Å². The molecule has 2 heteroatoms. The van der Waals surface area contributed by atoms with Crippen LogP contribution in [0.1, 0.15) is 5.56 Å². The second kappa shape index (κ2) is 4.13. The number of hydrogen-bond donors (Lipinski definition) is 1. The van der Waals surface area contributed by atoms with E-state index in [2.05, 4.69) is 16.9 Å². The standard InChI is InChI=1S/C9H8N2/c10-11-8-4-7-9-5-2-1-3-6-9/h1-3,5-6,8H,10H2/b11-8+. The quantitative estimate of drug-likeness (QED) is 0.251. The first kappa shape index (κ1) is 7.36. The summed E-state index contributed by atoms with van der Waals surface area (Å²) < 4.78 is 0. The van der Waals surface area contributed by atoms with Crippen LogP contribution in [0.15, 0.2) is 35.4 Å². The van der Waals surface area contributed by atoms with Crippen molar-refractivity contribution in [2.24, 2.45) is 10.9 Å². The van der Waals surface area contributed by atoms with Crippen LogP contribution in [0.4, 0.5) is 0 Å². The van der Waals surface area contributed by atoms with Gasteiger partial charge >= 0.3 is 0 Å². The molecule has 0 fully saturated rings. The van der Waals surface area contributed by atoms with E-state index in [1.807, 2.05) is 30.3 Å². The van der Waals surface area contributed by atoms with Crippen LogP contribution in [0.5, 0.6) is 0 Å². The number of hydrazone groups is 1. The van der Waals surface area contributed by atoms with Crippen molar-refractivity contribution in [3.05, 3.63) is 35.9 Å². The molecule has 0 unspecified atom stereocenters. The van der Waals surface area contributed by atoms with Crippen LogP contribution < -0.4 is 5.84 Å². The van der Waals surface area contributed by atoms with Crippen LogP contribution in [0.25, 0.3) is 0 Å². The largest absolute Gasteiger partial charge is 0.323 e. The van der Waals surface area contributed by atoms with Gasteiger partial charge in [-0.2, -0.15) is 5.10 Å². The van der Waals surface area contributed by atoms with E-state index in [4.69, 9.17) is 5.84 Å². The van der Waals surface area contributed by atoms with Gasteiger partial charge in [-0.25, -0.2) is 0 Å². The van der Waals surface area contributed by atoms with Crippen molar-refractivity contribution in [3.63, 3.8) is 0 Å². The molecule has 1 aromatic carbocycles. The Bertz CT molecular complexity index is 290. The summed E-state index contributed by atoms with van der Waals surface area (Å²) in [5, 5.41) is 3.25. The van der Waals surface area contributed by atoms with E-state index in [9.17, 15) is 0 Å². The Kier molecular flexibility index (Phi) is 2.76. The Balaban J connectivity index is 2.74. The Morgan fingerprint density at radius 3 is 2.64 bits per heavy atom. The molecule has 2 N–H and O–H groups in total. The summed E-state index contributed by atoms with van der Waals surface area (Å²) in [6.07, 6.45) is 1.37. The van der Waals surface area contributed by atoms with Crippen LogP contribution in [0, 0.1) is 11.8 Å². The number of benzene rings is 1. The summed E-state index contributed by atoms with van der Waals surface area (Å²) in [4.78, 5) is 0. The lowest BCUT2D eigenvalue weighted by molar-refractivity contribution is 1.27. The molecule has 0 aliphatic carbocycles. The van der Waals surface area contributed by atoms with Gasteiger partial charge in [0.25, 0.3) is 0 Å². The predicted molar refractivity (Wildman–Crippen MR) is 46.0 cm³/mol. The molecule has 0 saturated heterocycles. The molecule has 11 heavy (non-hydrogen) atoms. The van der Waals surface area contributed by atoms with Gasteiger partial charge in [0.15, 0.2) is 0 Å². The Labute approximate surface area is 65.7 Å². The topological polar surface area (TPSA) is 38.4 Å². The van der Waals surface area contributed by atoms with Crippen molar-refractivity contribution < 1.29 is 0 Å². The SMILES string of the molecule is N/N=C/C#Cc1ccccc1. The van der Waals surface area contributed by atoms with Gasteiger partial charge in [-0.3, -0.25) is 0 Å². The second-order valence-electron chi connectivity index (χ2n) is 1.91. The molecule has 0 radical (unpaired) electrons. The summed E-state index contributed by atoms with van der Waals surface area (Å²) in [6.45, 7) is 0. The van der Waals surface area contributed by atoms with Crippen LogP contribution in [-0.2, 0) is 0 Å². The normalized spacial score (nSPS) is 9.09. The van der Waals surface area contributed by atoms with Crippen molar-refractivity contribution in [3.8, 4) is 11.8 Å². The van der Waals surface area contributed by atoms with Gasteiger partial charge in [0, 0.05) is 5.56 Å². The van der Waals surface area contributed by atoms with E-state index in [1.165, 1.54) is 6.21 Å². The van der Waals surface area contributed by atoms with Gasteiger partial charge in [0.1, 0.15) is 0 Å². The summed E-state index contributed by atoms with van der Waals surface area (Å²) in [6, 6.07) is 9.67. The van der Waals surface area contributed by atoms with Gasteiger partial charge in [0.05, 0.1) is 6.21 Å². The molecule has 2 nitrogen and oxygen atoms in total. The second-order valence-corrected chi connectivity index (χ2v) is 1.91. The molecule has 0 saturated carbocycles. The van der Waals surface area contributed by atoms with Gasteiger partial charge < -0.3 is 5.84 Å². The number of rotatable bonds is 0. The smallest absolute Gasteiger partial charge is 0.0967 e. The molecule has 0 aliphatic heterocycles. The molecule has 1 aromatic rings. The highest BCUT2D eigenvalue weighted by atomic mass is 15.1. The minimum Gasteiger partial charge on any atom is -0.323 e. The van der Waals surface area contributed by atoms with Gasteiger partial charge in [-0.1, -0.05) is 24.1 Å². The fourth-order valence-electron chi connectivity index (χ4n) is 0.674. The fraction of sp³-hybridized carbons (Fsp3) is 0. The van der Waals surface area contributed by atoms with E-state index < -0.39 is 0 Å². The maximum atomic E-state index is 4.86. The molecule has 0 aliphatic rings. The van der Waals surface area contributed by atoms with Crippen molar-refractivity contribution >= 4 is 6.21 Å². The van der Waals surface area contributed by atoms with Crippen LogP contribution in [-0.4, -0.2) is 6.21 Å². The van der Waals surface area contributed by atoms with Gasteiger partial charge in [-0.15, -0.1) is 0 Å². The first-order valence-electron chi connectivity index (χ1n) is 3.22. The molecule has 0 aromatic heterocycles. The van der Waals surface area contributed by atoms with E-state index in [0.717, 1.165) is 5.56 Å². The zero-order valence-electron chi connectivity index (χ0n) is 5.99. The third-order valence-electron chi connectivity index (χ3n) is 1.13. The van der Waals surface area contributed by atoms with Crippen molar-refractivity contribution in [1.29, 1.82) is 0 Å². The maximum Gasteiger partial charge on any atom is 0.0967 e. The molecule has 0 bridgehead atoms. The van der Waals surface area contributed by atoms with E-state index >= 15 is 0 Å². The summed E-state index contributed by atoms with van der Waals surface area (Å²) in [5.74, 6) is 10.4. The lowest BCUT2D eigenvalue weighted by atomic mass is 10.2. The number of hydrogen-bond acceptors (Lipinski definition) is 2. The molecule has 1 rings (SSSR count). The van der Waals surface area contributed by atoms with E-state index in [0.29, 0.717) is 0 Å². The minimum atomic E-state index is 0.965. The Hall–Kier alpha value is -1.75. The summed E-state index contributed by atoms with van der Waals surface area (Å²) in [5.41, 5.74) is 0.965. The highest BCUT2D eigenvalue weighted by Gasteiger charge is 1.78. The average Bonchev–Trinajstić information content (AvgIpc) is 2.07. The zero-order valence-corrected chi connectivity index (χ0v) is 5.99. The molecule has 0 heterocycles. The number of nitrogens with two attached hydrogens (primary N) is 1. The highest BCUT2D eigenvalue weighted by molar-refractivity contribution is 5.78. The Morgan fingerprint density at radius 1 is 1.27 bits per heavy atom. The third-order valence-corrected chi connectivity index (χ3v) is 1.13. The zero-order chi connectivity index (χ0) is 7.94. The molecule has 54 valence electrons. The van der Waals surface area contributed by atoms with E-state index in [1.54, 1.807) is 0 Å². The summed E-state index contributed by atoms with van der Waals surface area (Å²) in [7, 11) is 0. The van der Waals surface area contributed by atoms with Gasteiger partial charge in [0.2, 0.25) is 0 Å². The molecule has 0 spiro atoms. The molecule has 0 amide bonds. The first-order valence-corrected chi connectivity index (χ1v) is 3.22. The average molecular weight is 144 g/mol. The fourth-order valence-corrected chi connectivity index (χ4v) is 0.674. The van der Waals surface area contributed by atoms with E-state index in [-0.39, 0.29) is 0 Å². The lowest BCUT2D eigenvalue weighted by Gasteiger charge is -1.83.